The van der Waals surface area contributed by atoms with Gasteiger partial charge in [-0.3, -0.25) is 0 Å². The van der Waals surface area contributed by atoms with Crippen LogP contribution in [-0.4, -0.2) is 125 Å². The Kier molecular flexibility index (Phi) is 9.03. The molecule has 3 fully saturated rings. The molecule has 5 aliphatic rings. The van der Waals surface area contributed by atoms with E-state index in [0.29, 0.717) is 5.57 Å². The summed E-state index contributed by atoms with van der Waals surface area (Å²) in [6.07, 6.45) is -9.55. The first-order valence-corrected chi connectivity index (χ1v) is 14.6. The predicted octanol–water partition coefficient (Wildman–Crippen LogP) is 0.0767. The number of ether oxygens (including phenoxy) is 5. The summed E-state index contributed by atoms with van der Waals surface area (Å²) in [5.41, 5.74) is -1.62. The minimum absolute atomic E-state index is 0.00550. The molecular weight excluding hydrogens is 588 g/mol. The molecule has 13 unspecified atom stereocenters. The van der Waals surface area contributed by atoms with E-state index in [4.69, 9.17) is 23.7 Å². The SMILES string of the molecule is CC1CC(O)=C(O)C=C1C1OC2(C)CC(OC(O)/C(O)=C(/O)C(O)CCOC3OC4OC4C(O)C3O)=CC(O)C2(C)CC1O. The van der Waals surface area contributed by atoms with Crippen molar-refractivity contribution >= 4 is 0 Å². The molecule has 0 radical (unpaired) electrons. The number of hydrogen-bond acceptors (Lipinski definition) is 15. The van der Waals surface area contributed by atoms with Crippen LogP contribution in [0.5, 0.6) is 0 Å². The highest BCUT2D eigenvalue weighted by Crippen LogP contribution is 2.54. The van der Waals surface area contributed by atoms with E-state index in [1.165, 1.54) is 12.2 Å². The third kappa shape index (κ3) is 5.93. The highest BCUT2D eigenvalue weighted by molar-refractivity contribution is 5.32. The summed E-state index contributed by atoms with van der Waals surface area (Å²) >= 11 is 0. The Morgan fingerprint density at radius 2 is 1.75 bits per heavy atom. The molecule has 44 heavy (non-hydrogen) atoms. The van der Waals surface area contributed by atoms with Gasteiger partial charge in [-0.2, -0.15) is 0 Å². The van der Waals surface area contributed by atoms with E-state index in [-0.39, 0.29) is 55.5 Å². The maximum atomic E-state index is 11.1. The lowest BCUT2D eigenvalue weighted by molar-refractivity contribution is -0.251. The average molecular weight is 631 g/mol. The zero-order chi connectivity index (χ0) is 32.3. The number of fused-ring (bicyclic) bond motifs is 2. The molecule has 0 aromatic heterocycles. The lowest BCUT2D eigenvalue weighted by atomic mass is 9.60. The van der Waals surface area contributed by atoms with Gasteiger partial charge < -0.3 is 74.7 Å². The molecule has 0 aromatic carbocycles. The number of rotatable bonds is 9. The Morgan fingerprint density at radius 3 is 2.45 bits per heavy atom. The van der Waals surface area contributed by atoms with Crippen molar-refractivity contribution in [1.29, 1.82) is 0 Å². The summed E-state index contributed by atoms with van der Waals surface area (Å²) < 4.78 is 27.5. The number of hydrogen-bond donors (Lipinski definition) is 10. The molecule has 13 atom stereocenters. The Hall–Kier alpha value is -2.44. The van der Waals surface area contributed by atoms with Crippen molar-refractivity contribution < 1.29 is 74.7 Å². The van der Waals surface area contributed by atoms with Crippen molar-refractivity contribution in [1.82, 2.24) is 0 Å². The molecular formula is C29H42O15. The van der Waals surface area contributed by atoms with Gasteiger partial charge in [0.2, 0.25) is 5.76 Å². The highest BCUT2D eigenvalue weighted by atomic mass is 16.8. The van der Waals surface area contributed by atoms with Crippen LogP contribution in [0.4, 0.5) is 0 Å². The third-order valence-electron chi connectivity index (χ3n) is 9.55. The van der Waals surface area contributed by atoms with Crippen LogP contribution in [0.25, 0.3) is 0 Å². The van der Waals surface area contributed by atoms with Crippen LogP contribution >= 0.6 is 0 Å². The van der Waals surface area contributed by atoms with Crippen LogP contribution in [0, 0.1) is 11.3 Å². The molecule has 3 aliphatic heterocycles. The van der Waals surface area contributed by atoms with E-state index in [1.54, 1.807) is 13.8 Å². The Morgan fingerprint density at radius 1 is 1.05 bits per heavy atom. The van der Waals surface area contributed by atoms with E-state index in [1.807, 2.05) is 6.92 Å². The van der Waals surface area contributed by atoms with E-state index < -0.39 is 84.1 Å². The maximum Gasteiger partial charge on any atom is 0.259 e. The Balaban J connectivity index is 1.22. The van der Waals surface area contributed by atoms with Gasteiger partial charge in [-0.05, 0) is 37.0 Å². The van der Waals surface area contributed by atoms with Gasteiger partial charge in [0.05, 0.1) is 24.4 Å². The maximum absolute atomic E-state index is 11.1. The molecule has 0 aromatic rings. The fraction of sp³-hybridized carbons (Fsp3) is 0.724. The molecule has 0 amide bonds. The third-order valence-corrected chi connectivity index (χ3v) is 9.55. The van der Waals surface area contributed by atoms with Gasteiger partial charge >= 0.3 is 0 Å². The summed E-state index contributed by atoms with van der Waals surface area (Å²) in [7, 11) is 0. The van der Waals surface area contributed by atoms with Crippen LogP contribution in [0.2, 0.25) is 0 Å². The molecule has 5 rings (SSSR count). The lowest BCUT2D eigenvalue weighted by Crippen LogP contribution is -2.63. The van der Waals surface area contributed by atoms with Crippen molar-refractivity contribution in [3.63, 3.8) is 0 Å². The van der Waals surface area contributed by atoms with Crippen molar-refractivity contribution in [3.8, 4) is 0 Å². The van der Waals surface area contributed by atoms with Crippen molar-refractivity contribution in [2.45, 2.75) is 114 Å². The fourth-order valence-corrected chi connectivity index (χ4v) is 6.40. The predicted molar refractivity (Wildman–Crippen MR) is 146 cm³/mol. The Bertz CT molecular complexity index is 1230. The smallest absolute Gasteiger partial charge is 0.259 e. The highest BCUT2D eigenvalue weighted by Gasteiger charge is 2.60. The van der Waals surface area contributed by atoms with E-state index in [0.717, 1.165) is 0 Å². The van der Waals surface area contributed by atoms with Crippen LogP contribution in [0.15, 0.2) is 46.5 Å². The number of aliphatic hydroxyl groups is 10. The van der Waals surface area contributed by atoms with Gasteiger partial charge in [0, 0.05) is 24.7 Å². The zero-order valence-corrected chi connectivity index (χ0v) is 24.6. The topological polar surface area (TPSA) is 252 Å². The van der Waals surface area contributed by atoms with Crippen molar-refractivity contribution in [2.75, 3.05) is 6.61 Å². The zero-order valence-electron chi connectivity index (χ0n) is 24.6. The van der Waals surface area contributed by atoms with Gasteiger partial charge in [0.15, 0.2) is 24.1 Å². The summed E-state index contributed by atoms with van der Waals surface area (Å²) in [5, 5.41) is 104. The number of epoxide rings is 1. The number of aliphatic hydroxyl groups excluding tert-OH is 10. The number of allylic oxidation sites excluding steroid dienone is 2. The molecule has 0 spiro atoms. The lowest BCUT2D eigenvalue weighted by Gasteiger charge is -2.57. The molecule has 0 saturated carbocycles. The second kappa shape index (κ2) is 12.1. The van der Waals surface area contributed by atoms with Gasteiger partial charge in [0.1, 0.15) is 42.0 Å². The summed E-state index contributed by atoms with van der Waals surface area (Å²) in [4.78, 5) is 0. The van der Waals surface area contributed by atoms with Crippen LogP contribution in [0.3, 0.4) is 0 Å². The minimum atomic E-state index is -2.14. The summed E-state index contributed by atoms with van der Waals surface area (Å²) in [6, 6.07) is 0. The molecule has 0 bridgehead atoms. The summed E-state index contributed by atoms with van der Waals surface area (Å²) in [6.45, 7) is 4.98. The molecule has 15 nitrogen and oxygen atoms in total. The second-order valence-electron chi connectivity index (χ2n) is 12.7. The van der Waals surface area contributed by atoms with Gasteiger partial charge in [-0.15, -0.1) is 0 Å². The van der Waals surface area contributed by atoms with E-state index in [9.17, 15) is 51.1 Å². The molecule has 248 valence electrons. The van der Waals surface area contributed by atoms with E-state index in [2.05, 4.69) is 0 Å². The van der Waals surface area contributed by atoms with Crippen LogP contribution in [0.1, 0.15) is 46.5 Å². The van der Waals surface area contributed by atoms with Gasteiger partial charge in [-0.25, -0.2) is 0 Å². The monoisotopic (exact) mass is 630 g/mol. The van der Waals surface area contributed by atoms with Gasteiger partial charge in [0.25, 0.3) is 6.29 Å². The first-order valence-electron chi connectivity index (χ1n) is 14.6. The largest absolute Gasteiger partial charge is 0.508 e. The first-order chi connectivity index (χ1) is 20.6. The van der Waals surface area contributed by atoms with Crippen LogP contribution in [-0.2, 0) is 23.7 Å². The molecule has 15 heteroatoms. The minimum Gasteiger partial charge on any atom is -0.508 e. The fourth-order valence-electron chi connectivity index (χ4n) is 6.40. The quantitative estimate of drug-likeness (QED) is 0.0920. The second-order valence-corrected chi connectivity index (χ2v) is 12.7. The van der Waals surface area contributed by atoms with Crippen molar-refractivity contribution in [3.05, 3.63) is 46.5 Å². The van der Waals surface area contributed by atoms with Gasteiger partial charge in [-0.1, -0.05) is 13.8 Å². The molecule has 10 N–H and O–H groups in total. The van der Waals surface area contributed by atoms with E-state index >= 15 is 0 Å². The van der Waals surface area contributed by atoms with Crippen LogP contribution < -0.4 is 0 Å². The van der Waals surface area contributed by atoms with Crippen molar-refractivity contribution in [2.24, 2.45) is 11.3 Å². The molecule has 3 saturated heterocycles. The summed E-state index contributed by atoms with van der Waals surface area (Å²) in [5.74, 6) is -2.83. The normalized spacial score (nSPS) is 44.0. The first kappa shape index (κ1) is 32.9. The Labute approximate surface area is 253 Å². The molecule has 2 aliphatic carbocycles. The standard InChI is InChI=1S/C29H42O15/c1-11-6-15(31)16(32)8-13(11)23-17(33)10-28(2)18(34)7-12(9-29(28,3)44-23)41-25(39)21(37)19(35)14(30)4-5-40-26-22(38)20(36)24-27(42-24)43-26/h7-8,11,14,17-18,20,22-27,30-39H,4-6,9-10H2,1-3H3/b21-19-. The average Bonchev–Trinajstić information content (AvgIpc) is 3.73. The molecule has 3 heterocycles.